The molecule has 0 aliphatic heterocycles. The van der Waals surface area contributed by atoms with Crippen LogP contribution in [0.3, 0.4) is 0 Å². The number of sulfonamides is 1. The third kappa shape index (κ3) is 7.52. The molecule has 0 bridgehead atoms. The Labute approximate surface area is 202 Å². The number of esters is 1. The summed E-state index contributed by atoms with van der Waals surface area (Å²) < 4.78 is 37.2. The number of likely N-dealkylation sites (N-methyl/N-ethyl adjacent to an activating group) is 1. The molecule has 2 amide bonds. The van der Waals surface area contributed by atoms with Gasteiger partial charge in [0, 0.05) is 12.7 Å². The lowest BCUT2D eigenvalue weighted by Gasteiger charge is -2.17. The molecule has 0 fully saturated rings. The number of nitrogens with zero attached hydrogens (tertiary/aromatic N) is 1. The minimum atomic E-state index is -3.81. The molecule has 0 unspecified atom stereocenters. The summed E-state index contributed by atoms with van der Waals surface area (Å²) >= 11 is 0. The minimum Gasteiger partial charge on any atom is -0.468 e. The van der Waals surface area contributed by atoms with Crippen molar-refractivity contribution >= 4 is 33.5 Å². The molecule has 3 aromatic rings. The molecule has 2 N–H and O–H groups in total. The number of furan rings is 1. The number of anilines is 1. The highest BCUT2D eigenvalue weighted by Gasteiger charge is 2.18. The third-order valence-corrected chi connectivity index (χ3v) is 6.30. The van der Waals surface area contributed by atoms with E-state index in [0.29, 0.717) is 11.4 Å². The molecule has 184 valence electrons. The van der Waals surface area contributed by atoms with Crippen LogP contribution in [0.2, 0.25) is 0 Å². The van der Waals surface area contributed by atoms with Gasteiger partial charge in [0.15, 0.2) is 6.61 Å². The Kier molecular flexibility index (Phi) is 8.39. The maximum absolute atomic E-state index is 12.4. The molecule has 35 heavy (non-hydrogen) atoms. The van der Waals surface area contributed by atoms with Crippen molar-refractivity contribution in [3.63, 3.8) is 0 Å². The number of nitrogens with one attached hydrogen (secondary N) is 2. The number of carbonyl (C=O) groups excluding carboxylic acids is 3. The summed E-state index contributed by atoms with van der Waals surface area (Å²) in [6.45, 7) is 1.12. The van der Waals surface area contributed by atoms with Crippen molar-refractivity contribution in [2.45, 2.75) is 18.4 Å². The summed E-state index contributed by atoms with van der Waals surface area (Å²) in [5.41, 5.74) is 1.73. The largest absolute Gasteiger partial charge is 0.468 e. The van der Waals surface area contributed by atoms with E-state index < -0.39 is 34.4 Å². The van der Waals surface area contributed by atoms with E-state index in [0.717, 1.165) is 10.5 Å². The van der Waals surface area contributed by atoms with Crippen LogP contribution >= 0.6 is 0 Å². The van der Waals surface area contributed by atoms with Gasteiger partial charge < -0.3 is 19.4 Å². The smallest absolute Gasteiger partial charge is 0.338 e. The number of rotatable bonds is 10. The Balaban J connectivity index is 1.47. The number of ether oxygens (including phenoxy) is 1. The number of benzene rings is 2. The SMILES string of the molecule is Cc1ccc(NC(=O)CN(C)C(=O)COC(=O)c2ccc(S(=O)(=O)NCc3ccco3)cc2)cc1. The highest BCUT2D eigenvalue weighted by molar-refractivity contribution is 7.89. The van der Waals surface area contributed by atoms with Crippen LogP contribution in [0.5, 0.6) is 0 Å². The highest BCUT2D eigenvalue weighted by Crippen LogP contribution is 2.13. The molecule has 1 heterocycles. The maximum Gasteiger partial charge on any atom is 0.338 e. The molecule has 0 saturated heterocycles. The van der Waals surface area contributed by atoms with Gasteiger partial charge in [-0.2, -0.15) is 0 Å². The molecule has 3 rings (SSSR count). The quantitative estimate of drug-likeness (QED) is 0.409. The molecule has 2 aromatic carbocycles. The van der Waals surface area contributed by atoms with Gasteiger partial charge in [0.25, 0.3) is 5.91 Å². The lowest BCUT2D eigenvalue weighted by molar-refractivity contribution is -0.136. The molecule has 0 aliphatic carbocycles. The summed E-state index contributed by atoms with van der Waals surface area (Å²) in [6, 6.07) is 15.6. The number of amides is 2. The third-order valence-electron chi connectivity index (χ3n) is 4.89. The summed E-state index contributed by atoms with van der Waals surface area (Å²) in [4.78, 5) is 37.7. The first-order valence-corrected chi connectivity index (χ1v) is 12.0. The summed E-state index contributed by atoms with van der Waals surface area (Å²) in [7, 11) is -2.40. The van der Waals surface area contributed by atoms with E-state index in [1.165, 1.54) is 37.6 Å². The second-order valence-corrected chi connectivity index (χ2v) is 9.44. The zero-order chi connectivity index (χ0) is 25.4. The normalized spacial score (nSPS) is 11.0. The lowest BCUT2D eigenvalue weighted by atomic mass is 10.2. The van der Waals surface area contributed by atoms with Crippen molar-refractivity contribution in [2.75, 3.05) is 25.5 Å². The van der Waals surface area contributed by atoms with E-state index in [9.17, 15) is 22.8 Å². The summed E-state index contributed by atoms with van der Waals surface area (Å²) in [5.74, 6) is -1.31. The van der Waals surface area contributed by atoms with Crippen LogP contribution in [-0.4, -0.2) is 51.3 Å². The van der Waals surface area contributed by atoms with E-state index in [-0.39, 0.29) is 23.5 Å². The standard InChI is InChI=1S/C24H25N3O7S/c1-17-5-9-19(10-6-17)26-22(28)15-27(2)23(29)16-34-24(30)18-7-11-21(12-8-18)35(31,32)25-14-20-4-3-13-33-20/h3-13,25H,14-16H2,1-2H3,(H,26,28). The fourth-order valence-electron chi connectivity index (χ4n) is 2.89. The van der Waals surface area contributed by atoms with Crippen LogP contribution in [0.1, 0.15) is 21.7 Å². The molecule has 0 spiro atoms. The van der Waals surface area contributed by atoms with Crippen molar-refractivity contribution in [3.05, 3.63) is 83.8 Å². The number of carbonyl (C=O) groups is 3. The lowest BCUT2D eigenvalue weighted by Crippen LogP contribution is -2.37. The Morgan fingerprint density at radius 3 is 2.31 bits per heavy atom. The van der Waals surface area contributed by atoms with Gasteiger partial charge in [0.2, 0.25) is 15.9 Å². The van der Waals surface area contributed by atoms with E-state index in [1.807, 2.05) is 19.1 Å². The number of aryl methyl sites for hydroxylation is 1. The van der Waals surface area contributed by atoms with Crippen LogP contribution in [0.4, 0.5) is 5.69 Å². The first-order valence-electron chi connectivity index (χ1n) is 10.5. The van der Waals surface area contributed by atoms with E-state index >= 15 is 0 Å². The molecular weight excluding hydrogens is 474 g/mol. The van der Waals surface area contributed by atoms with Crippen LogP contribution in [0.25, 0.3) is 0 Å². The molecule has 0 saturated carbocycles. The average Bonchev–Trinajstić information content (AvgIpc) is 3.36. The zero-order valence-corrected chi connectivity index (χ0v) is 20.0. The van der Waals surface area contributed by atoms with E-state index in [2.05, 4.69) is 10.0 Å². The van der Waals surface area contributed by atoms with Crippen LogP contribution in [0.15, 0.2) is 76.2 Å². The monoisotopic (exact) mass is 499 g/mol. The molecule has 0 radical (unpaired) electrons. The van der Waals surface area contributed by atoms with Gasteiger partial charge >= 0.3 is 5.97 Å². The Bertz CT molecular complexity index is 1270. The van der Waals surface area contributed by atoms with Gasteiger partial charge in [-0.25, -0.2) is 17.9 Å². The van der Waals surface area contributed by atoms with E-state index in [1.54, 1.807) is 24.3 Å². The number of hydrogen-bond donors (Lipinski definition) is 2. The van der Waals surface area contributed by atoms with Crippen molar-refractivity contribution in [1.29, 1.82) is 0 Å². The van der Waals surface area contributed by atoms with Gasteiger partial charge in [0.1, 0.15) is 5.76 Å². The first kappa shape index (κ1) is 25.7. The van der Waals surface area contributed by atoms with Crippen molar-refractivity contribution in [3.8, 4) is 0 Å². The first-order chi connectivity index (χ1) is 16.6. The predicted octanol–water partition coefficient (Wildman–Crippen LogP) is 2.32. The van der Waals surface area contributed by atoms with E-state index in [4.69, 9.17) is 9.15 Å². The topological polar surface area (TPSA) is 135 Å². The van der Waals surface area contributed by atoms with Crippen LogP contribution < -0.4 is 10.0 Å². The van der Waals surface area contributed by atoms with Crippen molar-refractivity contribution < 1.29 is 32.0 Å². The average molecular weight is 500 g/mol. The van der Waals surface area contributed by atoms with Crippen molar-refractivity contribution in [2.24, 2.45) is 0 Å². The van der Waals surface area contributed by atoms with Crippen LogP contribution in [0, 0.1) is 6.92 Å². The minimum absolute atomic E-state index is 0.0161. The Hall–Kier alpha value is -3.96. The van der Waals surface area contributed by atoms with Gasteiger partial charge in [-0.05, 0) is 55.5 Å². The molecule has 11 heteroatoms. The predicted molar refractivity (Wildman–Crippen MR) is 127 cm³/mol. The number of hydrogen-bond acceptors (Lipinski definition) is 7. The molecule has 10 nitrogen and oxygen atoms in total. The van der Waals surface area contributed by atoms with Gasteiger partial charge in [-0.1, -0.05) is 17.7 Å². The Morgan fingerprint density at radius 2 is 1.69 bits per heavy atom. The summed E-state index contributed by atoms with van der Waals surface area (Å²) in [6.07, 6.45) is 1.44. The van der Waals surface area contributed by atoms with Gasteiger partial charge in [0.05, 0.1) is 29.8 Å². The maximum atomic E-state index is 12.4. The molecule has 0 atom stereocenters. The summed E-state index contributed by atoms with van der Waals surface area (Å²) in [5, 5.41) is 2.68. The highest BCUT2D eigenvalue weighted by atomic mass is 32.2. The zero-order valence-electron chi connectivity index (χ0n) is 19.2. The molecule has 0 aliphatic rings. The fourth-order valence-corrected chi connectivity index (χ4v) is 3.89. The van der Waals surface area contributed by atoms with Crippen molar-refractivity contribution in [1.82, 2.24) is 9.62 Å². The second kappa shape index (κ2) is 11.4. The van der Waals surface area contributed by atoms with Gasteiger partial charge in [-0.3, -0.25) is 9.59 Å². The Morgan fingerprint density at radius 1 is 1.00 bits per heavy atom. The second-order valence-electron chi connectivity index (χ2n) is 7.67. The molecular formula is C24H25N3O7S. The van der Waals surface area contributed by atoms with Crippen LogP contribution in [-0.2, 0) is 30.9 Å². The molecule has 1 aromatic heterocycles. The van der Waals surface area contributed by atoms with Gasteiger partial charge in [-0.15, -0.1) is 0 Å². The fraction of sp³-hybridized carbons (Fsp3) is 0.208.